The molecule has 0 bridgehead atoms. The minimum Gasteiger partial charge on any atom is -0.356 e. The Labute approximate surface area is 131 Å². The molecule has 1 amide bonds. The van der Waals surface area contributed by atoms with Crippen molar-refractivity contribution in [2.24, 2.45) is 16.8 Å². The molecule has 4 heteroatoms. The molecule has 3 aliphatic rings. The lowest BCUT2D eigenvalue weighted by Gasteiger charge is -2.23. The Balaban J connectivity index is 1.69. The maximum Gasteiger partial charge on any atom is 0.248 e. The fourth-order valence-corrected chi connectivity index (χ4v) is 4.27. The molecule has 0 aromatic heterocycles. The van der Waals surface area contributed by atoms with Crippen LogP contribution in [0.5, 0.6) is 0 Å². The van der Waals surface area contributed by atoms with Gasteiger partial charge in [0.1, 0.15) is 12.4 Å². The molecular formula is C18H23N3O. The highest BCUT2D eigenvalue weighted by Gasteiger charge is 2.37. The number of anilines is 1. The number of carbonyl (C=O) groups is 1. The van der Waals surface area contributed by atoms with E-state index in [2.05, 4.69) is 16.0 Å². The zero-order chi connectivity index (χ0) is 15.1. The molecule has 2 atom stereocenters. The number of likely N-dealkylation sites (tertiary alicyclic amines) is 1. The Morgan fingerprint density at radius 2 is 1.77 bits per heavy atom. The van der Waals surface area contributed by atoms with Crippen LogP contribution >= 0.6 is 0 Å². The molecule has 116 valence electrons. The van der Waals surface area contributed by atoms with Crippen molar-refractivity contribution in [2.45, 2.75) is 25.7 Å². The van der Waals surface area contributed by atoms with E-state index in [1.807, 2.05) is 25.2 Å². The molecule has 1 aromatic rings. The predicted octanol–water partition coefficient (Wildman–Crippen LogP) is 2.53. The Morgan fingerprint density at radius 3 is 2.50 bits per heavy atom. The van der Waals surface area contributed by atoms with Gasteiger partial charge in [-0.3, -0.25) is 9.79 Å². The van der Waals surface area contributed by atoms with Gasteiger partial charge >= 0.3 is 0 Å². The molecule has 2 fully saturated rings. The molecule has 22 heavy (non-hydrogen) atoms. The van der Waals surface area contributed by atoms with Crippen LogP contribution in [-0.2, 0) is 4.79 Å². The third-order valence-electron chi connectivity index (χ3n) is 5.52. The van der Waals surface area contributed by atoms with Crippen LogP contribution in [0.4, 0.5) is 5.69 Å². The zero-order valence-electron chi connectivity index (χ0n) is 13.2. The van der Waals surface area contributed by atoms with E-state index >= 15 is 0 Å². The first-order chi connectivity index (χ1) is 10.7. The summed E-state index contributed by atoms with van der Waals surface area (Å²) in [6.45, 7) is 2.47. The van der Waals surface area contributed by atoms with E-state index in [4.69, 9.17) is 0 Å². The largest absolute Gasteiger partial charge is 0.356 e. The zero-order valence-corrected chi connectivity index (χ0v) is 13.2. The smallest absolute Gasteiger partial charge is 0.248 e. The summed E-state index contributed by atoms with van der Waals surface area (Å²) in [5.41, 5.74) is 2.09. The number of hydrogen-bond donors (Lipinski definition) is 0. The van der Waals surface area contributed by atoms with Gasteiger partial charge in [0.2, 0.25) is 5.91 Å². The second-order valence-electron chi connectivity index (χ2n) is 6.82. The summed E-state index contributed by atoms with van der Waals surface area (Å²) in [6.07, 6.45) is 5.46. The van der Waals surface area contributed by atoms with Gasteiger partial charge in [0.15, 0.2) is 0 Å². The lowest BCUT2D eigenvalue weighted by Crippen LogP contribution is -2.30. The predicted molar refractivity (Wildman–Crippen MR) is 88.3 cm³/mol. The topological polar surface area (TPSA) is 35.9 Å². The monoisotopic (exact) mass is 297 g/mol. The maximum absolute atomic E-state index is 12.2. The maximum atomic E-state index is 12.2. The molecule has 2 aliphatic heterocycles. The van der Waals surface area contributed by atoms with Crippen LogP contribution in [0.2, 0.25) is 0 Å². The lowest BCUT2D eigenvalue weighted by atomic mass is 9.82. The number of likely N-dealkylation sites (N-methyl/N-ethyl adjacent to an activating group) is 1. The summed E-state index contributed by atoms with van der Waals surface area (Å²) < 4.78 is 0. The second-order valence-corrected chi connectivity index (χ2v) is 6.82. The normalized spacial score (nSPS) is 28.0. The highest BCUT2D eigenvalue weighted by Crippen LogP contribution is 2.37. The summed E-state index contributed by atoms with van der Waals surface area (Å²) >= 11 is 0. The van der Waals surface area contributed by atoms with E-state index in [9.17, 15) is 4.79 Å². The average Bonchev–Trinajstić information content (AvgIpc) is 2.93. The lowest BCUT2D eigenvalue weighted by molar-refractivity contribution is -0.116. The van der Waals surface area contributed by atoms with Crippen LogP contribution in [0, 0.1) is 11.8 Å². The Hall–Kier alpha value is -1.84. The summed E-state index contributed by atoms with van der Waals surface area (Å²) in [4.78, 5) is 21.1. The van der Waals surface area contributed by atoms with Crippen molar-refractivity contribution in [3.63, 3.8) is 0 Å². The number of aliphatic imine (C=N–C) groups is 1. The number of benzodiazepines with no additional fused rings is 1. The SMILES string of the molecule is CN1C(=O)CN=C(N2CC3CCCCC3C2)c2ccccc21. The van der Waals surface area contributed by atoms with Gasteiger partial charge in [-0.1, -0.05) is 25.0 Å². The van der Waals surface area contributed by atoms with Crippen molar-refractivity contribution in [1.82, 2.24) is 4.90 Å². The van der Waals surface area contributed by atoms with Gasteiger partial charge in [0, 0.05) is 25.7 Å². The minimum absolute atomic E-state index is 0.0686. The first kappa shape index (κ1) is 13.8. The highest BCUT2D eigenvalue weighted by atomic mass is 16.2. The van der Waals surface area contributed by atoms with E-state index in [1.165, 1.54) is 25.7 Å². The van der Waals surface area contributed by atoms with E-state index < -0.39 is 0 Å². The number of amides is 1. The number of para-hydroxylation sites is 1. The standard InChI is InChI=1S/C18H23N3O/c1-20-16-9-5-4-8-15(16)18(19-10-17(20)22)21-11-13-6-2-3-7-14(13)12-21/h4-5,8-9,13-14H,2-3,6-7,10-12H2,1H3. The molecule has 0 radical (unpaired) electrons. The van der Waals surface area contributed by atoms with Crippen LogP contribution < -0.4 is 4.90 Å². The molecule has 1 aromatic carbocycles. The van der Waals surface area contributed by atoms with Gasteiger partial charge in [-0.2, -0.15) is 0 Å². The van der Waals surface area contributed by atoms with Crippen molar-refractivity contribution in [1.29, 1.82) is 0 Å². The van der Waals surface area contributed by atoms with E-state index in [1.54, 1.807) is 4.90 Å². The van der Waals surface area contributed by atoms with Crippen molar-refractivity contribution in [3.05, 3.63) is 29.8 Å². The number of rotatable bonds is 0. The summed E-state index contributed by atoms with van der Waals surface area (Å²) in [7, 11) is 1.85. The molecule has 1 aliphatic carbocycles. The summed E-state index contributed by atoms with van der Waals surface area (Å²) in [6, 6.07) is 8.17. The minimum atomic E-state index is 0.0686. The number of nitrogens with zero attached hydrogens (tertiary/aromatic N) is 3. The van der Waals surface area contributed by atoms with E-state index in [0.717, 1.165) is 42.0 Å². The van der Waals surface area contributed by atoms with Gasteiger partial charge in [0.25, 0.3) is 0 Å². The molecule has 0 spiro atoms. The van der Waals surface area contributed by atoms with Gasteiger partial charge in [-0.05, 0) is 36.8 Å². The Morgan fingerprint density at radius 1 is 1.09 bits per heavy atom. The molecule has 1 saturated heterocycles. The van der Waals surface area contributed by atoms with E-state index in [0.29, 0.717) is 0 Å². The third-order valence-corrected chi connectivity index (χ3v) is 5.52. The van der Waals surface area contributed by atoms with Crippen LogP contribution in [0.3, 0.4) is 0 Å². The van der Waals surface area contributed by atoms with Crippen LogP contribution in [0.1, 0.15) is 31.2 Å². The Kier molecular flexibility index (Phi) is 3.40. The van der Waals surface area contributed by atoms with Gasteiger partial charge in [-0.15, -0.1) is 0 Å². The van der Waals surface area contributed by atoms with Crippen molar-refractivity contribution < 1.29 is 4.79 Å². The van der Waals surface area contributed by atoms with Gasteiger partial charge in [-0.25, -0.2) is 0 Å². The fourth-order valence-electron chi connectivity index (χ4n) is 4.27. The third kappa shape index (κ3) is 2.21. The molecule has 4 nitrogen and oxygen atoms in total. The van der Waals surface area contributed by atoms with Crippen LogP contribution in [-0.4, -0.2) is 43.3 Å². The van der Waals surface area contributed by atoms with Crippen molar-refractivity contribution >= 4 is 17.4 Å². The quantitative estimate of drug-likeness (QED) is 0.738. The average molecular weight is 297 g/mol. The number of fused-ring (bicyclic) bond motifs is 2. The fraction of sp³-hybridized carbons (Fsp3) is 0.556. The summed E-state index contributed by atoms with van der Waals surface area (Å²) in [5, 5.41) is 0. The number of carbonyl (C=O) groups excluding carboxylic acids is 1. The van der Waals surface area contributed by atoms with E-state index in [-0.39, 0.29) is 12.5 Å². The molecule has 2 unspecified atom stereocenters. The molecule has 4 rings (SSSR count). The second kappa shape index (κ2) is 5.41. The van der Waals surface area contributed by atoms with Crippen molar-refractivity contribution in [2.75, 3.05) is 31.6 Å². The number of benzene rings is 1. The number of amidine groups is 1. The van der Waals surface area contributed by atoms with Gasteiger partial charge < -0.3 is 9.80 Å². The molecule has 2 heterocycles. The summed E-state index contributed by atoms with van der Waals surface area (Å²) in [5.74, 6) is 2.74. The van der Waals surface area contributed by atoms with Crippen LogP contribution in [0.15, 0.2) is 29.3 Å². The van der Waals surface area contributed by atoms with Crippen LogP contribution in [0.25, 0.3) is 0 Å². The first-order valence-electron chi connectivity index (χ1n) is 8.39. The molecule has 1 saturated carbocycles. The first-order valence-corrected chi connectivity index (χ1v) is 8.39. The van der Waals surface area contributed by atoms with Crippen molar-refractivity contribution in [3.8, 4) is 0 Å². The Bertz CT molecular complexity index is 611. The highest BCUT2D eigenvalue weighted by molar-refractivity contribution is 6.10. The number of hydrogen-bond acceptors (Lipinski definition) is 3. The molecule has 0 N–H and O–H groups in total. The molecular weight excluding hydrogens is 274 g/mol. The van der Waals surface area contributed by atoms with Gasteiger partial charge in [0.05, 0.1) is 5.69 Å².